The van der Waals surface area contributed by atoms with Gasteiger partial charge in [0.15, 0.2) is 0 Å². The van der Waals surface area contributed by atoms with E-state index in [1.54, 1.807) is 19.1 Å². The maximum Gasteiger partial charge on any atom is 0.881 e. The average Bonchev–Trinajstić information content (AvgIpc) is 2.67. The molecule has 0 aliphatic rings. The Morgan fingerprint density at radius 2 is 1.57 bits per heavy atom. The maximum absolute atomic E-state index is 13.2. The van der Waals surface area contributed by atoms with Gasteiger partial charge in [0.1, 0.15) is 11.3 Å². The Kier molecular flexibility index (Phi) is 4.88. The van der Waals surface area contributed by atoms with Crippen molar-refractivity contribution < 1.29 is 20.7 Å². The van der Waals surface area contributed by atoms with Crippen molar-refractivity contribution in [1.29, 1.82) is 0 Å². The first-order valence-corrected chi connectivity index (χ1v) is 9.47. The Labute approximate surface area is 166 Å². The van der Waals surface area contributed by atoms with E-state index in [1.165, 1.54) is 0 Å². The minimum atomic E-state index is -4.47. The third kappa shape index (κ3) is 3.91. The van der Waals surface area contributed by atoms with Crippen LogP contribution in [-0.4, -0.2) is 20.9 Å². The lowest BCUT2D eigenvalue weighted by Crippen LogP contribution is -2.13. The molecule has 0 aliphatic carbocycles. The molecule has 3 aromatic carbocycles. The standard InChI is InChI=1S/C11H8F3NO.C10H8O.Al/c1-6-2-3-7-4-8(11(12,13)14)5-9(16)10(7)15-6;11-10-6-5-8-3-1-2-4-9(8)7-10;/h2-5,16H,1H3;1-7,11H;/q;;+2/p-2. The zero-order chi connectivity index (χ0) is 19.7. The summed E-state index contributed by atoms with van der Waals surface area (Å²) in [6, 6.07) is 18.8. The van der Waals surface area contributed by atoms with E-state index in [2.05, 4.69) is 4.98 Å². The third-order valence-electron chi connectivity index (χ3n) is 4.30. The molecular formula is C21H14AlF3NO2. The maximum atomic E-state index is 13.2. The molecule has 0 saturated carbocycles. The van der Waals surface area contributed by atoms with Gasteiger partial charge >= 0.3 is 22.1 Å². The van der Waals surface area contributed by atoms with Crippen molar-refractivity contribution in [1.82, 2.24) is 4.98 Å². The molecule has 7 heteroatoms. The van der Waals surface area contributed by atoms with Gasteiger partial charge in [0.25, 0.3) is 0 Å². The Morgan fingerprint density at radius 3 is 2.36 bits per heavy atom. The molecule has 0 fully saturated rings. The predicted molar refractivity (Wildman–Crippen MR) is 102 cm³/mol. The zero-order valence-electron chi connectivity index (χ0n) is 14.8. The van der Waals surface area contributed by atoms with E-state index in [1.807, 2.05) is 42.5 Å². The second-order valence-corrected chi connectivity index (χ2v) is 7.00. The highest BCUT2D eigenvalue weighted by atomic mass is 27.2. The zero-order valence-corrected chi connectivity index (χ0v) is 16.0. The second-order valence-electron chi connectivity index (χ2n) is 6.34. The number of aromatic nitrogens is 1. The molecule has 0 aliphatic heterocycles. The van der Waals surface area contributed by atoms with E-state index >= 15 is 0 Å². The Bertz CT molecular complexity index is 1160. The molecule has 0 atom stereocenters. The second kappa shape index (κ2) is 7.34. The number of benzene rings is 3. The number of halogens is 3. The van der Waals surface area contributed by atoms with Crippen LogP contribution in [0.5, 0.6) is 11.5 Å². The van der Waals surface area contributed by atoms with Crippen molar-refractivity contribution in [2.75, 3.05) is 0 Å². The molecule has 0 N–H and O–H groups in total. The lowest BCUT2D eigenvalue weighted by molar-refractivity contribution is -0.137. The number of hydrogen-bond acceptors (Lipinski definition) is 3. The van der Waals surface area contributed by atoms with Crippen molar-refractivity contribution in [3.05, 3.63) is 78.0 Å². The summed E-state index contributed by atoms with van der Waals surface area (Å²) in [6.07, 6.45) is -4.47. The van der Waals surface area contributed by atoms with Crippen LogP contribution in [-0.2, 0) is 6.18 Å². The molecule has 0 unspecified atom stereocenters. The summed E-state index contributed by atoms with van der Waals surface area (Å²) in [7, 11) is 0. The fourth-order valence-electron chi connectivity index (χ4n) is 2.93. The minimum Gasteiger partial charge on any atom is -0.616 e. The summed E-state index contributed by atoms with van der Waals surface area (Å²) in [4.78, 5) is 4.33. The first-order chi connectivity index (χ1) is 13.4. The molecular weight excluding hydrogens is 382 g/mol. The molecule has 139 valence electrons. The van der Waals surface area contributed by atoms with Crippen LogP contribution in [0, 0.1) is 6.92 Å². The van der Waals surface area contributed by atoms with E-state index in [0.717, 1.165) is 22.9 Å². The van der Waals surface area contributed by atoms with Gasteiger partial charge in [-0.15, -0.1) is 0 Å². The van der Waals surface area contributed by atoms with E-state index in [0.29, 0.717) is 22.3 Å². The van der Waals surface area contributed by atoms with E-state index < -0.39 is 27.6 Å². The first kappa shape index (κ1) is 18.6. The van der Waals surface area contributed by atoms with E-state index in [-0.39, 0.29) is 5.75 Å². The van der Waals surface area contributed by atoms with Gasteiger partial charge in [-0.3, -0.25) is 0 Å². The molecule has 1 heterocycles. The first-order valence-electron chi connectivity index (χ1n) is 8.52. The number of fused-ring (bicyclic) bond motifs is 2. The lowest BCUT2D eigenvalue weighted by Gasteiger charge is -2.14. The number of alkyl halides is 3. The number of nitrogens with zero attached hydrogens (tertiary/aromatic N) is 1. The van der Waals surface area contributed by atoms with Crippen LogP contribution < -0.4 is 7.58 Å². The van der Waals surface area contributed by atoms with Crippen LogP contribution in [0.4, 0.5) is 13.2 Å². The molecule has 0 saturated heterocycles. The topological polar surface area (TPSA) is 31.4 Å². The summed E-state index contributed by atoms with van der Waals surface area (Å²) >= 11 is -1.06. The average molecular weight is 396 g/mol. The van der Waals surface area contributed by atoms with E-state index in [9.17, 15) is 13.2 Å². The summed E-state index contributed by atoms with van der Waals surface area (Å²) in [5.74, 6) is 0.679. The molecule has 28 heavy (non-hydrogen) atoms. The van der Waals surface area contributed by atoms with Crippen molar-refractivity contribution in [3.8, 4) is 11.5 Å². The largest absolute Gasteiger partial charge is 0.881 e. The highest BCUT2D eigenvalue weighted by Gasteiger charge is 2.32. The number of pyridine rings is 1. The van der Waals surface area contributed by atoms with Gasteiger partial charge in [0.05, 0.1) is 11.3 Å². The molecule has 1 aromatic heterocycles. The van der Waals surface area contributed by atoms with Crippen LogP contribution in [0.3, 0.4) is 0 Å². The summed E-state index contributed by atoms with van der Waals surface area (Å²) in [6.45, 7) is 1.78. The Morgan fingerprint density at radius 1 is 0.821 bits per heavy atom. The summed E-state index contributed by atoms with van der Waals surface area (Å²) in [5, 5.41) is 2.47. The van der Waals surface area contributed by atoms with E-state index in [4.69, 9.17) is 7.58 Å². The molecule has 0 bridgehead atoms. The van der Waals surface area contributed by atoms with Gasteiger partial charge in [-0.05, 0) is 48.0 Å². The highest BCUT2D eigenvalue weighted by Crippen LogP contribution is 2.35. The molecule has 0 amide bonds. The Hall–Kier alpha value is -2.75. The van der Waals surface area contributed by atoms with Gasteiger partial charge in [-0.25, -0.2) is 4.98 Å². The SMILES string of the molecule is Cc1ccc2cc(C(F)(F)F)cc([O][Al][O]c3ccc4ccccc4c3)c2n1. The monoisotopic (exact) mass is 396 g/mol. The van der Waals surface area contributed by atoms with Crippen molar-refractivity contribution in [2.24, 2.45) is 0 Å². The van der Waals surface area contributed by atoms with Crippen LogP contribution in [0.25, 0.3) is 21.7 Å². The van der Waals surface area contributed by atoms with Gasteiger partial charge in [0.2, 0.25) is 0 Å². The van der Waals surface area contributed by atoms with Gasteiger partial charge in [0, 0.05) is 11.1 Å². The fourth-order valence-corrected chi connectivity index (χ4v) is 3.51. The third-order valence-corrected chi connectivity index (χ3v) is 5.02. The van der Waals surface area contributed by atoms with Crippen LogP contribution in [0.2, 0.25) is 0 Å². The van der Waals surface area contributed by atoms with Crippen LogP contribution in [0.1, 0.15) is 11.3 Å². The fraction of sp³-hybridized carbons (Fsp3) is 0.0952. The normalized spacial score (nSPS) is 11.6. The van der Waals surface area contributed by atoms with Gasteiger partial charge in [-0.2, -0.15) is 13.2 Å². The lowest BCUT2D eigenvalue weighted by atomic mass is 10.1. The number of rotatable bonds is 4. The predicted octanol–water partition coefficient (Wildman–Crippen LogP) is 5.71. The number of hydrogen-bond donors (Lipinski definition) is 0. The van der Waals surface area contributed by atoms with Crippen LogP contribution >= 0.6 is 0 Å². The van der Waals surface area contributed by atoms with Gasteiger partial charge < -0.3 is 7.58 Å². The molecule has 4 rings (SSSR count). The highest BCUT2D eigenvalue weighted by molar-refractivity contribution is 6.21. The molecule has 4 aromatic rings. The number of aryl methyl sites for hydroxylation is 1. The quantitative estimate of drug-likeness (QED) is 0.414. The molecule has 0 spiro atoms. The minimum absolute atomic E-state index is 0.0734. The van der Waals surface area contributed by atoms with Gasteiger partial charge in [-0.1, -0.05) is 36.4 Å². The van der Waals surface area contributed by atoms with Crippen molar-refractivity contribution in [2.45, 2.75) is 13.1 Å². The van der Waals surface area contributed by atoms with Crippen LogP contribution in [0.15, 0.2) is 66.7 Å². The Balaban J connectivity index is 1.60. The smallest absolute Gasteiger partial charge is 0.616 e. The molecule has 3 nitrogen and oxygen atoms in total. The van der Waals surface area contributed by atoms with Crippen molar-refractivity contribution >= 4 is 37.6 Å². The molecule has 1 radical (unpaired) electrons. The van der Waals surface area contributed by atoms with Crippen molar-refractivity contribution in [3.63, 3.8) is 0 Å². The summed E-state index contributed by atoms with van der Waals surface area (Å²) < 4.78 is 50.9. The summed E-state index contributed by atoms with van der Waals surface area (Å²) in [5.41, 5.74) is 0.316.